The molecule has 1 heterocycles. The van der Waals surface area contributed by atoms with E-state index in [1.807, 2.05) is 0 Å². The van der Waals surface area contributed by atoms with Crippen LogP contribution in [-0.2, 0) is 0 Å². The number of carbonyl (C=O) groups excluding carboxylic acids is 1. The number of non-ortho nitro benzene ring substituents is 1. The second-order valence-electron chi connectivity index (χ2n) is 2.58. The van der Waals surface area contributed by atoms with Gasteiger partial charge in [-0.15, -0.1) is 11.3 Å². The summed E-state index contributed by atoms with van der Waals surface area (Å²) in [5, 5.41) is 12.3. The van der Waals surface area contributed by atoms with E-state index in [-0.39, 0.29) is 5.69 Å². The number of aldehydes is 1. The number of rotatable bonds is 2. The standard InChI is InChI=1S/C6H5NO2.C4H3NOS/c8-7(9)6-4-2-1-3-5-6;6-3-4-5-1-2-7-4/h1-5H;1-3H. The molecule has 0 unspecified atom stereocenters. The molecule has 82 valence electrons. The molecule has 0 fully saturated rings. The Morgan fingerprint density at radius 2 is 2.00 bits per heavy atom. The molecule has 0 bridgehead atoms. The number of carbonyl (C=O) groups is 1. The molecule has 1 aromatic heterocycles. The zero-order valence-electron chi connectivity index (χ0n) is 8.15. The average Bonchev–Trinajstić information content (AvgIpc) is 2.84. The molecular weight excluding hydrogens is 228 g/mol. The summed E-state index contributed by atoms with van der Waals surface area (Å²) in [5.41, 5.74) is 0.137. The zero-order chi connectivity index (χ0) is 11.8. The van der Waals surface area contributed by atoms with Gasteiger partial charge in [-0.25, -0.2) is 4.98 Å². The Morgan fingerprint density at radius 1 is 1.31 bits per heavy atom. The van der Waals surface area contributed by atoms with Gasteiger partial charge in [0.15, 0.2) is 11.3 Å². The van der Waals surface area contributed by atoms with Crippen molar-refractivity contribution in [3.63, 3.8) is 0 Å². The molecule has 16 heavy (non-hydrogen) atoms. The molecule has 1 aromatic carbocycles. The smallest absolute Gasteiger partial charge is 0.269 e. The predicted octanol–water partition coefficient (Wildman–Crippen LogP) is 2.55. The molecule has 2 rings (SSSR count). The Kier molecular flexibility index (Phi) is 4.81. The Bertz CT molecular complexity index is 442. The van der Waals surface area contributed by atoms with Gasteiger partial charge in [0.2, 0.25) is 0 Å². The van der Waals surface area contributed by atoms with Crippen molar-refractivity contribution in [3.05, 3.63) is 57.0 Å². The molecule has 0 radical (unpaired) electrons. The highest BCUT2D eigenvalue weighted by molar-refractivity contribution is 7.11. The van der Waals surface area contributed by atoms with Crippen molar-refractivity contribution >= 4 is 23.3 Å². The van der Waals surface area contributed by atoms with E-state index in [2.05, 4.69) is 4.98 Å². The zero-order valence-corrected chi connectivity index (χ0v) is 8.96. The normalized spacial score (nSPS) is 8.75. The number of thiazole rings is 1. The predicted molar refractivity (Wildman–Crippen MR) is 60.6 cm³/mol. The molecule has 0 saturated heterocycles. The van der Waals surface area contributed by atoms with Crippen LogP contribution in [0.3, 0.4) is 0 Å². The minimum absolute atomic E-state index is 0.137. The Hall–Kier alpha value is -2.08. The van der Waals surface area contributed by atoms with Gasteiger partial charge in [0, 0.05) is 23.7 Å². The number of hydrogen-bond acceptors (Lipinski definition) is 5. The summed E-state index contributed by atoms with van der Waals surface area (Å²) in [4.78, 5) is 23.1. The molecular formula is C10H8N2O3S. The maximum absolute atomic E-state index is 10.0. The number of para-hydroxylation sites is 1. The van der Waals surface area contributed by atoms with E-state index in [1.165, 1.54) is 23.5 Å². The summed E-state index contributed by atoms with van der Waals surface area (Å²) in [5.74, 6) is 0. The summed E-state index contributed by atoms with van der Waals surface area (Å²) < 4.78 is 0. The van der Waals surface area contributed by atoms with Crippen molar-refractivity contribution in [2.75, 3.05) is 0 Å². The largest absolute Gasteiger partial charge is 0.295 e. The molecule has 0 aliphatic rings. The Balaban J connectivity index is 0.000000165. The third kappa shape index (κ3) is 3.97. The van der Waals surface area contributed by atoms with Crippen LogP contribution in [0.4, 0.5) is 5.69 Å². The molecule has 0 atom stereocenters. The number of nitrogens with zero attached hydrogens (tertiary/aromatic N) is 2. The van der Waals surface area contributed by atoms with E-state index in [9.17, 15) is 14.9 Å². The highest BCUT2D eigenvalue weighted by Crippen LogP contribution is 2.06. The van der Waals surface area contributed by atoms with Crippen LogP contribution >= 0.6 is 11.3 Å². The molecule has 0 N–H and O–H groups in total. The Labute approximate surface area is 95.5 Å². The first-order valence-corrected chi connectivity index (χ1v) is 5.16. The van der Waals surface area contributed by atoms with Crippen LogP contribution in [0, 0.1) is 10.1 Å². The average molecular weight is 236 g/mol. The third-order valence-corrected chi connectivity index (χ3v) is 2.22. The van der Waals surface area contributed by atoms with Crippen LogP contribution < -0.4 is 0 Å². The second kappa shape index (κ2) is 6.41. The fourth-order valence-corrected chi connectivity index (χ4v) is 1.28. The number of benzene rings is 1. The van der Waals surface area contributed by atoms with Crippen molar-refractivity contribution in [2.45, 2.75) is 0 Å². The molecule has 2 aromatic rings. The van der Waals surface area contributed by atoms with Crippen LogP contribution in [0.2, 0.25) is 0 Å². The molecule has 0 spiro atoms. The monoisotopic (exact) mass is 236 g/mol. The quantitative estimate of drug-likeness (QED) is 0.456. The van der Waals surface area contributed by atoms with Gasteiger partial charge in [-0.05, 0) is 0 Å². The number of hydrogen-bond donors (Lipinski definition) is 0. The van der Waals surface area contributed by atoms with E-state index in [0.717, 1.165) is 6.29 Å². The van der Waals surface area contributed by atoms with E-state index in [0.29, 0.717) is 5.01 Å². The SMILES string of the molecule is O=Cc1nccs1.O=[N+]([O-])c1ccccc1. The van der Waals surface area contributed by atoms with Crippen LogP contribution in [0.15, 0.2) is 41.9 Å². The summed E-state index contributed by atoms with van der Waals surface area (Å²) in [6.45, 7) is 0. The summed E-state index contributed by atoms with van der Waals surface area (Å²) in [7, 11) is 0. The van der Waals surface area contributed by atoms with Gasteiger partial charge in [0.05, 0.1) is 4.92 Å². The van der Waals surface area contributed by atoms with Gasteiger partial charge in [-0.3, -0.25) is 14.9 Å². The summed E-state index contributed by atoms with van der Waals surface area (Å²) in [6, 6.07) is 7.93. The minimum Gasteiger partial charge on any atom is -0.295 e. The van der Waals surface area contributed by atoms with Gasteiger partial charge in [0.1, 0.15) is 0 Å². The van der Waals surface area contributed by atoms with E-state index in [4.69, 9.17) is 0 Å². The van der Waals surface area contributed by atoms with E-state index >= 15 is 0 Å². The van der Waals surface area contributed by atoms with Crippen LogP contribution in [-0.4, -0.2) is 16.2 Å². The first-order valence-electron chi connectivity index (χ1n) is 4.28. The lowest BCUT2D eigenvalue weighted by molar-refractivity contribution is -0.384. The van der Waals surface area contributed by atoms with E-state index < -0.39 is 4.92 Å². The van der Waals surface area contributed by atoms with Crippen LogP contribution in [0.25, 0.3) is 0 Å². The highest BCUT2D eigenvalue weighted by atomic mass is 32.1. The maximum Gasteiger partial charge on any atom is 0.269 e. The molecule has 0 amide bonds. The molecule has 0 aliphatic carbocycles. The highest BCUT2D eigenvalue weighted by Gasteiger charge is 1.98. The fourth-order valence-electron chi connectivity index (χ4n) is 0.842. The topological polar surface area (TPSA) is 73.1 Å². The number of nitro groups is 1. The first-order chi connectivity index (χ1) is 7.74. The van der Waals surface area contributed by atoms with Crippen LogP contribution in [0.5, 0.6) is 0 Å². The van der Waals surface area contributed by atoms with Crippen molar-refractivity contribution < 1.29 is 9.72 Å². The number of aromatic nitrogens is 1. The molecule has 6 heteroatoms. The lowest BCUT2D eigenvalue weighted by atomic mass is 10.3. The molecule has 5 nitrogen and oxygen atoms in total. The minimum atomic E-state index is -0.417. The second-order valence-corrected chi connectivity index (χ2v) is 3.51. The fraction of sp³-hybridized carbons (Fsp3) is 0. The van der Waals surface area contributed by atoms with Gasteiger partial charge >= 0.3 is 0 Å². The third-order valence-electron chi connectivity index (χ3n) is 1.52. The maximum atomic E-state index is 10.0. The Morgan fingerprint density at radius 3 is 2.31 bits per heavy atom. The van der Waals surface area contributed by atoms with Gasteiger partial charge in [0.25, 0.3) is 5.69 Å². The van der Waals surface area contributed by atoms with Crippen molar-refractivity contribution in [2.24, 2.45) is 0 Å². The van der Waals surface area contributed by atoms with Crippen LogP contribution in [0.1, 0.15) is 9.80 Å². The van der Waals surface area contributed by atoms with Crippen molar-refractivity contribution in [1.29, 1.82) is 0 Å². The van der Waals surface area contributed by atoms with E-state index in [1.54, 1.807) is 29.8 Å². The molecule has 0 saturated carbocycles. The van der Waals surface area contributed by atoms with Gasteiger partial charge in [-0.1, -0.05) is 18.2 Å². The summed E-state index contributed by atoms with van der Waals surface area (Å²) >= 11 is 1.34. The van der Waals surface area contributed by atoms with Gasteiger partial charge in [-0.2, -0.15) is 0 Å². The van der Waals surface area contributed by atoms with Crippen molar-refractivity contribution in [3.8, 4) is 0 Å². The molecule has 0 aliphatic heterocycles. The van der Waals surface area contributed by atoms with Crippen molar-refractivity contribution in [1.82, 2.24) is 4.98 Å². The lowest BCUT2D eigenvalue weighted by Crippen LogP contribution is -1.84. The number of nitro benzene ring substituents is 1. The summed E-state index contributed by atoms with van der Waals surface area (Å²) in [6.07, 6.45) is 2.35. The van der Waals surface area contributed by atoms with Gasteiger partial charge < -0.3 is 0 Å². The lowest BCUT2D eigenvalue weighted by Gasteiger charge is -1.85. The first kappa shape index (κ1) is 12.0.